The number of aromatic nitrogens is 3. The molecule has 7 nitrogen and oxygen atoms in total. The van der Waals surface area contributed by atoms with E-state index in [0.29, 0.717) is 18.0 Å². The van der Waals surface area contributed by atoms with Crippen LogP contribution in [0.3, 0.4) is 0 Å². The summed E-state index contributed by atoms with van der Waals surface area (Å²) in [5.41, 5.74) is 7.91. The summed E-state index contributed by atoms with van der Waals surface area (Å²) in [5.74, 6) is 1.31. The van der Waals surface area contributed by atoms with Gasteiger partial charge in [0.05, 0.1) is 5.69 Å². The van der Waals surface area contributed by atoms with Crippen molar-refractivity contribution in [2.24, 2.45) is 11.7 Å². The smallest absolute Gasteiger partial charge is 0.253 e. The lowest BCUT2D eigenvalue weighted by atomic mass is 9.97. The summed E-state index contributed by atoms with van der Waals surface area (Å²) in [6.07, 6.45) is 3.97. The van der Waals surface area contributed by atoms with Crippen LogP contribution in [0.15, 0.2) is 34.9 Å². The second-order valence-electron chi connectivity index (χ2n) is 7.01. The van der Waals surface area contributed by atoms with Gasteiger partial charge in [0.1, 0.15) is 11.3 Å². The molecule has 3 aromatic rings. The van der Waals surface area contributed by atoms with E-state index in [1.165, 1.54) is 0 Å². The predicted molar refractivity (Wildman–Crippen MR) is 97.5 cm³/mol. The Bertz CT molecular complexity index is 929. The third-order valence-electron chi connectivity index (χ3n) is 4.93. The molecule has 2 N–H and O–H groups in total. The fourth-order valence-electron chi connectivity index (χ4n) is 3.68. The summed E-state index contributed by atoms with van der Waals surface area (Å²) in [6.45, 7) is 4.60. The topological polar surface area (TPSA) is 90.2 Å². The van der Waals surface area contributed by atoms with Crippen molar-refractivity contribution in [1.82, 2.24) is 19.9 Å². The Morgan fingerprint density at radius 1 is 1.38 bits per heavy atom. The van der Waals surface area contributed by atoms with E-state index in [4.69, 9.17) is 10.2 Å². The molecular weight excluding hydrogens is 330 g/mol. The van der Waals surface area contributed by atoms with Gasteiger partial charge in [0, 0.05) is 43.3 Å². The van der Waals surface area contributed by atoms with Gasteiger partial charge in [-0.15, -0.1) is 5.10 Å². The molecule has 1 aliphatic rings. The molecule has 136 valence electrons. The molecule has 0 spiro atoms. The summed E-state index contributed by atoms with van der Waals surface area (Å²) in [5, 5.41) is 9.12. The van der Waals surface area contributed by atoms with Crippen LogP contribution in [-0.2, 0) is 13.1 Å². The van der Waals surface area contributed by atoms with Gasteiger partial charge in [-0.2, -0.15) is 0 Å². The Hall–Kier alpha value is -2.67. The van der Waals surface area contributed by atoms with Crippen LogP contribution in [0.25, 0.3) is 11.0 Å². The van der Waals surface area contributed by atoms with Crippen LogP contribution in [0.5, 0.6) is 0 Å². The van der Waals surface area contributed by atoms with Gasteiger partial charge in [-0.25, -0.2) is 0 Å². The van der Waals surface area contributed by atoms with Crippen molar-refractivity contribution >= 4 is 16.9 Å². The number of carbonyl (C=O) groups is 1. The van der Waals surface area contributed by atoms with Crippen molar-refractivity contribution in [2.75, 3.05) is 13.1 Å². The molecule has 0 bridgehead atoms. The zero-order chi connectivity index (χ0) is 18.1. The average Bonchev–Trinajstić information content (AvgIpc) is 3.25. The molecule has 7 heteroatoms. The molecule has 0 saturated carbocycles. The molecule has 1 amide bonds. The number of amides is 1. The van der Waals surface area contributed by atoms with Crippen LogP contribution >= 0.6 is 0 Å². The van der Waals surface area contributed by atoms with Gasteiger partial charge < -0.3 is 15.1 Å². The molecular formula is C19H23N5O2. The second kappa shape index (κ2) is 6.92. The standard InChI is InChI=1S/C19H23N5O2/c1-13-7-16-8-15(4-5-18(16)26-13)19(25)23-6-2-3-14(10-23)11-24-12-17(9-20)21-22-24/h4-5,7-8,12,14H,2-3,6,9-11,20H2,1H3/t14-/m1/s1. The van der Waals surface area contributed by atoms with Gasteiger partial charge in [-0.3, -0.25) is 9.48 Å². The highest BCUT2D eigenvalue weighted by molar-refractivity contribution is 5.97. The highest BCUT2D eigenvalue weighted by atomic mass is 16.3. The maximum atomic E-state index is 12.9. The number of nitrogens with two attached hydrogens (primary N) is 1. The molecule has 3 heterocycles. The fourth-order valence-corrected chi connectivity index (χ4v) is 3.68. The van der Waals surface area contributed by atoms with Crippen LogP contribution in [0.4, 0.5) is 0 Å². The van der Waals surface area contributed by atoms with Crippen molar-refractivity contribution in [3.05, 3.63) is 47.5 Å². The zero-order valence-corrected chi connectivity index (χ0v) is 14.9. The predicted octanol–water partition coefficient (Wildman–Crippen LogP) is 2.34. The number of rotatable bonds is 4. The summed E-state index contributed by atoms with van der Waals surface area (Å²) < 4.78 is 7.43. The van der Waals surface area contributed by atoms with E-state index >= 15 is 0 Å². The average molecular weight is 353 g/mol. The molecule has 1 aliphatic heterocycles. The van der Waals surface area contributed by atoms with Gasteiger partial charge in [0.15, 0.2) is 0 Å². The number of fused-ring (bicyclic) bond motifs is 1. The second-order valence-corrected chi connectivity index (χ2v) is 7.01. The monoisotopic (exact) mass is 353 g/mol. The number of likely N-dealkylation sites (tertiary alicyclic amines) is 1. The minimum absolute atomic E-state index is 0.0803. The Labute approximate surface area is 151 Å². The number of hydrogen-bond acceptors (Lipinski definition) is 5. The fraction of sp³-hybridized carbons (Fsp3) is 0.421. The first-order chi connectivity index (χ1) is 12.6. The first kappa shape index (κ1) is 16.8. The molecule has 0 aliphatic carbocycles. The lowest BCUT2D eigenvalue weighted by molar-refractivity contribution is 0.0659. The van der Waals surface area contributed by atoms with E-state index in [-0.39, 0.29) is 5.91 Å². The van der Waals surface area contributed by atoms with E-state index < -0.39 is 0 Å². The summed E-state index contributed by atoms with van der Waals surface area (Å²) in [4.78, 5) is 14.9. The van der Waals surface area contributed by atoms with E-state index in [1.54, 1.807) is 0 Å². The number of furan rings is 1. The Morgan fingerprint density at radius 2 is 2.27 bits per heavy atom. The summed E-state index contributed by atoms with van der Waals surface area (Å²) in [6, 6.07) is 7.61. The van der Waals surface area contributed by atoms with Crippen LogP contribution in [0, 0.1) is 12.8 Å². The van der Waals surface area contributed by atoms with Crippen molar-refractivity contribution < 1.29 is 9.21 Å². The number of nitrogens with zero attached hydrogens (tertiary/aromatic N) is 4. The largest absolute Gasteiger partial charge is 0.461 e. The number of hydrogen-bond donors (Lipinski definition) is 1. The van der Waals surface area contributed by atoms with Crippen LogP contribution < -0.4 is 5.73 Å². The molecule has 0 unspecified atom stereocenters. The van der Waals surface area contributed by atoms with E-state index in [0.717, 1.165) is 54.9 Å². The van der Waals surface area contributed by atoms with Gasteiger partial charge >= 0.3 is 0 Å². The lowest BCUT2D eigenvalue weighted by Gasteiger charge is -2.32. The van der Waals surface area contributed by atoms with E-state index in [1.807, 2.05) is 47.0 Å². The quantitative estimate of drug-likeness (QED) is 0.777. The molecule has 1 saturated heterocycles. The van der Waals surface area contributed by atoms with Crippen LogP contribution in [-0.4, -0.2) is 38.9 Å². The highest BCUT2D eigenvalue weighted by Crippen LogP contribution is 2.23. The van der Waals surface area contributed by atoms with Crippen molar-refractivity contribution in [2.45, 2.75) is 32.9 Å². The third-order valence-corrected chi connectivity index (χ3v) is 4.93. The van der Waals surface area contributed by atoms with Crippen molar-refractivity contribution in [1.29, 1.82) is 0 Å². The van der Waals surface area contributed by atoms with Crippen LogP contribution in [0.1, 0.15) is 34.7 Å². The highest BCUT2D eigenvalue weighted by Gasteiger charge is 2.25. The summed E-state index contributed by atoms with van der Waals surface area (Å²) in [7, 11) is 0. The SMILES string of the molecule is Cc1cc2cc(C(=O)N3CCC[C@@H](Cn4cc(CN)nn4)C3)ccc2o1. The zero-order valence-electron chi connectivity index (χ0n) is 14.9. The Kier molecular flexibility index (Phi) is 4.46. The van der Waals surface area contributed by atoms with Gasteiger partial charge in [0.2, 0.25) is 0 Å². The molecule has 2 aromatic heterocycles. The maximum absolute atomic E-state index is 12.9. The van der Waals surface area contributed by atoms with Gasteiger partial charge in [0.25, 0.3) is 5.91 Å². The minimum Gasteiger partial charge on any atom is -0.461 e. The van der Waals surface area contributed by atoms with Crippen LogP contribution in [0.2, 0.25) is 0 Å². The minimum atomic E-state index is 0.0803. The molecule has 1 fully saturated rings. The first-order valence-corrected chi connectivity index (χ1v) is 9.01. The molecule has 0 radical (unpaired) electrons. The van der Waals surface area contributed by atoms with Gasteiger partial charge in [-0.05, 0) is 49.9 Å². The molecule has 4 rings (SSSR count). The lowest BCUT2D eigenvalue weighted by Crippen LogP contribution is -2.41. The first-order valence-electron chi connectivity index (χ1n) is 9.01. The third kappa shape index (κ3) is 3.35. The van der Waals surface area contributed by atoms with E-state index in [9.17, 15) is 4.79 Å². The van der Waals surface area contributed by atoms with E-state index in [2.05, 4.69) is 10.3 Å². The van der Waals surface area contributed by atoms with Gasteiger partial charge in [-0.1, -0.05) is 5.21 Å². The van der Waals surface area contributed by atoms with Crippen molar-refractivity contribution in [3.8, 4) is 0 Å². The molecule has 26 heavy (non-hydrogen) atoms. The number of piperidine rings is 1. The Balaban J connectivity index is 1.46. The number of carbonyl (C=O) groups excluding carboxylic acids is 1. The Morgan fingerprint density at radius 3 is 3.08 bits per heavy atom. The normalized spacial score (nSPS) is 17.8. The number of benzene rings is 1. The van der Waals surface area contributed by atoms with Crippen molar-refractivity contribution in [3.63, 3.8) is 0 Å². The summed E-state index contributed by atoms with van der Waals surface area (Å²) >= 11 is 0. The number of aryl methyl sites for hydroxylation is 1. The molecule has 1 atom stereocenters. The molecule has 1 aromatic carbocycles. The maximum Gasteiger partial charge on any atom is 0.253 e.